The number of fused-ring (bicyclic) bond motifs is 2. The molecule has 2 saturated heterocycles. The molecule has 6 rings (SSSR count). The van der Waals surface area contributed by atoms with E-state index < -0.39 is 8.07 Å². The lowest BCUT2D eigenvalue weighted by Gasteiger charge is -2.18. The van der Waals surface area contributed by atoms with E-state index in [0.717, 1.165) is 67.2 Å². The molecule has 2 atom stereocenters. The van der Waals surface area contributed by atoms with Crippen LogP contribution in [-0.2, 0) is 23.3 Å². The van der Waals surface area contributed by atoms with Crippen molar-refractivity contribution in [3.8, 4) is 23.1 Å². The fourth-order valence-corrected chi connectivity index (χ4v) is 5.81. The van der Waals surface area contributed by atoms with Crippen LogP contribution in [0.15, 0.2) is 37.1 Å². The molecule has 2 aliphatic heterocycles. The number of hydrogen-bond donors (Lipinski definition) is 0. The van der Waals surface area contributed by atoms with Gasteiger partial charge in [0.25, 0.3) is 0 Å². The number of nitrogens with zero attached hydrogens (tertiary/aromatic N) is 8. The Balaban J connectivity index is 1.32. The maximum absolute atomic E-state index is 6.04. The smallest absolute Gasteiger partial charge is 0.209 e. The lowest BCUT2D eigenvalue weighted by Crippen LogP contribution is -2.24. The number of aryl methyl sites for hydroxylation is 1. The molecule has 11 heteroatoms. The monoisotopic (exact) mass is 542 g/mol. The van der Waals surface area contributed by atoms with Gasteiger partial charge >= 0.3 is 0 Å². The zero-order valence-electron chi connectivity index (χ0n) is 23.0. The maximum atomic E-state index is 6.04. The molecular weight excluding hydrogens is 508 g/mol. The second kappa shape index (κ2) is 10.5. The minimum Gasteiger partial charge on any atom is -0.381 e. The average molecular weight is 543 g/mol. The Morgan fingerprint density at radius 1 is 1.10 bits per heavy atom. The number of pyridine rings is 1. The van der Waals surface area contributed by atoms with Crippen LogP contribution in [0.4, 0.5) is 5.82 Å². The zero-order valence-corrected chi connectivity index (χ0v) is 24.0. The number of aromatic nitrogens is 7. The Bertz CT molecular complexity index is 1520. The van der Waals surface area contributed by atoms with Gasteiger partial charge in [-0.15, -0.1) is 0 Å². The van der Waals surface area contributed by atoms with Crippen LogP contribution in [0.5, 0.6) is 0 Å². The van der Waals surface area contributed by atoms with Crippen LogP contribution in [0.25, 0.3) is 22.4 Å². The Morgan fingerprint density at radius 2 is 1.92 bits per heavy atom. The van der Waals surface area contributed by atoms with Crippen molar-refractivity contribution in [3.05, 3.63) is 48.7 Å². The van der Waals surface area contributed by atoms with Crippen LogP contribution in [-0.4, -0.2) is 75.0 Å². The minimum absolute atomic E-state index is 0.382. The van der Waals surface area contributed by atoms with Crippen molar-refractivity contribution in [1.29, 1.82) is 0 Å². The van der Waals surface area contributed by atoms with Gasteiger partial charge in [-0.05, 0) is 30.0 Å². The number of ether oxygens (including phenoxy) is 2. The number of hydrogen-bond acceptors (Lipinski definition) is 8. The molecule has 0 aromatic carbocycles. The molecular formula is C28H34N8O2Si. The van der Waals surface area contributed by atoms with Crippen LogP contribution in [0.2, 0.25) is 25.7 Å². The third-order valence-electron chi connectivity index (χ3n) is 7.33. The predicted molar refractivity (Wildman–Crippen MR) is 152 cm³/mol. The molecule has 0 saturated carbocycles. The third-order valence-corrected chi connectivity index (χ3v) is 9.03. The Morgan fingerprint density at radius 3 is 2.67 bits per heavy atom. The van der Waals surface area contributed by atoms with Gasteiger partial charge in [-0.25, -0.2) is 19.9 Å². The quantitative estimate of drug-likeness (QED) is 0.199. The van der Waals surface area contributed by atoms with Crippen molar-refractivity contribution >= 4 is 25.1 Å². The molecule has 0 aliphatic carbocycles. The van der Waals surface area contributed by atoms with Gasteiger partial charge in [0.1, 0.15) is 6.73 Å². The summed E-state index contributed by atoms with van der Waals surface area (Å²) in [7, 11) is 0.763. The van der Waals surface area contributed by atoms with E-state index in [-0.39, 0.29) is 0 Å². The molecule has 0 amide bonds. The van der Waals surface area contributed by atoms with E-state index in [1.807, 2.05) is 34.5 Å². The highest BCUT2D eigenvalue weighted by Gasteiger charge is 2.38. The third kappa shape index (κ3) is 5.59. The van der Waals surface area contributed by atoms with Crippen LogP contribution < -0.4 is 4.90 Å². The van der Waals surface area contributed by atoms with Gasteiger partial charge in [-0.2, -0.15) is 0 Å². The van der Waals surface area contributed by atoms with E-state index in [1.165, 1.54) is 0 Å². The molecule has 0 unspecified atom stereocenters. The summed E-state index contributed by atoms with van der Waals surface area (Å²) in [5.74, 6) is 9.38. The SMILES string of the molecule is Cn1cnc2c(N3C[C@H]4COC[C@H]4C3)nc(C#Cc3nc(-c4cccnc4)cn3COCC[Si](C)(C)C)nc21. The van der Waals surface area contributed by atoms with Crippen molar-refractivity contribution in [3.63, 3.8) is 0 Å². The summed E-state index contributed by atoms with van der Waals surface area (Å²) < 4.78 is 15.6. The molecule has 6 heterocycles. The first-order valence-electron chi connectivity index (χ1n) is 13.4. The molecule has 4 aromatic heterocycles. The molecule has 0 spiro atoms. The van der Waals surface area contributed by atoms with E-state index in [2.05, 4.69) is 46.3 Å². The predicted octanol–water partition coefficient (Wildman–Crippen LogP) is 3.42. The number of rotatable bonds is 7. The van der Waals surface area contributed by atoms with Crippen LogP contribution >= 0.6 is 0 Å². The first kappa shape index (κ1) is 25.7. The fraction of sp³-hybridized carbons (Fsp3) is 0.464. The van der Waals surface area contributed by atoms with Gasteiger partial charge in [0.15, 0.2) is 22.8 Å². The Hall–Kier alpha value is -3.59. The van der Waals surface area contributed by atoms with Crippen molar-refractivity contribution in [2.75, 3.05) is 37.8 Å². The fourth-order valence-electron chi connectivity index (χ4n) is 5.05. The van der Waals surface area contributed by atoms with Gasteiger partial charge in [0.2, 0.25) is 5.82 Å². The van der Waals surface area contributed by atoms with E-state index >= 15 is 0 Å². The summed E-state index contributed by atoms with van der Waals surface area (Å²) in [6.07, 6.45) is 7.31. The first-order chi connectivity index (χ1) is 18.8. The van der Waals surface area contributed by atoms with Gasteiger partial charge in [-0.1, -0.05) is 19.6 Å². The van der Waals surface area contributed by atoms with E-state index in [4.69, 9.17) is 24.4 Å². The molecule has 0 bridgehead atoms. The van der Waals surface area contributed by atoms with E-state index in [1.54, 1.807) is 18.7 Å². The minimum atomic E-state index is -1.18. The summed E-state index contributed by atoms with van der Waals surface area (Å²) in [4.78, 5) is 25.6. The van der Waals surface area contributed by atoms with Gasteiger partial charge in [-0.3, -0.25) is 9.55 Å². The lowest BCUT2D eigenvalue weighted by molar-refractivity contribution is 0.0866. The van der Waals surface area contributed by atoms with E-state index in [9.17, 15) is 0 Å². The molecule has 10 nitrogen and oxygen atoms in total. The second-order valence-electron chi connectivity index (χ2n) is 11.6. The standard InChI is InChI=1S/C28H34N8O2Si/c1-34-18-30-26-27(34)32-24(33-28(26)35-13-21-16-38-17-22(21)14-35)7-8-25-31-23(20-6-5-9-29-12-20)15-36(25)19-37-10-11-39(2,3)4/h5-6,9,12,15,18,21-22H,10-11,13-14,16-17,19H2,1-4H3/t21-,22+. The van der Waals surface area contributed by atoms with Crippen molar-refractivity contribution in [1.82, 2.24) is 34.1 Å². The molecule has 2 fully saturated rings. The molecule has 39 heavy (non-hydrogen) atoms. The summed E-state index contributed by atoms with van der Waals surface area (Å²) in [5, 5.41) is 0. The Kier molecular flexibility index (Phi) is 6.93. The van der Waals surface area contributed by atoms with Gasteiger partial charge in [0.05, 0.1) is 25.2 Å². The van der Waals surface area contributed by atoms with E-state index in [0.29, 0.717) is 30.2 Å². The summed E-state index contributed by atoms with van der Waals surface area (Å²) in [6, 6.07) is 5.00. The van der Waals surface area contributed by atoms with Crippen LogP contribution in [0, 0.1) is 23.7 Å². The Labute approximate surface area is 229 Å². The normalized spacial score (nSPS) is 18.9. The molecule has 0 N–H and O–H groups in total. The molecule has 202 valence electrons. The second-order valence-corrected chi connectivity index (χ2v) is 17.2. The van der Waals surface area contributed by atoms with Crippen LogP contribution in [0.1, 0.15) is 11.6 Å². The summed E-state index contributed by atoms with van der Waals surface area (Å²) in [5.41, 5.74) is 3.31. The van der Waals surface area contributed by atoms with Gasteiger partial charge in [0, 0.05) is 70.8 Å². The highest BCUT2D eigenvalue weighted by Crippen LogP contribution is 2.34. The van der Waals surface area contributed by atoms with Crippen LogP contribution in [0.3, 0.4) is 0 Å². The number of anilines is 1. The van der Waals surface area contributed by atoms with Crippen molar-refractivity contribution in [2.45, 2.75) is 32.4 Å². The molecule has 0 radical (unpaired) electrons. The first-order valence-corrected chi connectivity index (χ1v) is 17.1. The maximum Gasteiger partial charge on any atom is 0.209 e. The number of imidazole rings is 2. The lowest BCUT2D eigenvalue weighted by atomic mass is 10.0. The zero-order chi connectivity index (χ0) is 27.0. The largest absolute Gasteiger partial charge is 0.381 e. The average Bonchev–Trinajstić information content (AvgIpc) is 3.69. The highest BCUT2D eigenvalue weighted by atomic mass is 28.3. The highest BCUT2D eigenvalue weighted by molar-refractivity contribution is 6.76. The molecule has 2 aliphatic rings. The van der Waals surface area contributed by atoms with Crippen molar-refractivity contribution in [2.24, 2.45) is 18.9 Å². The summed E-state index contributed by atoms with van der Waals surface area (Å²) >= 11 is 0. The van der Waals surface area contributed by atoms with Crippen molar-refractivity contribution < 1.29 is 9.47 Å². The van der Waals surface area contributed by atoms with Gasteiger partial charge < -0.3 is 18.9 Å². The summed E-state index contributed by atoms with van der Waals surface area (Å²) in [6.45, 7) is 11.6. The molecule has 4 aromatic rings. The topological polar surface area (TPSA) is 96.0 Å².